The zero-order valence-electron chi connectivity index (χ0n) is 15.6. The lowest BCUT2D eigenvalue weighted by molar-refractivity contribution is 0.0680. The number of nitrogens with two attached hydrogens (primary N) is 1. The van der Waals surface area contributed by atoms with E-state index < -0.39 is 0 Å². The van der Waals surface area contributed by atoms with Crippen molar-refractivity contribution in [3.8, 4) is 5.75 Å². The van der Waals surface area contributed by atoms with E-state index in [0.29, 0.717) is 23.8 Å². The van der Waals surface area contributed by atoms with Gasteiger partial charge in [-0.05, 0) is 50.8 Å². The van der Waals surface area contributed by atoms with E-state index >= 15 is 0 Å². The molecular weight excluding hydrogens is 405 g/mol. The quantitative estimate of drug-likeness (QED) is 0.773. The maximum Gasteiger partial charge on any atom is 0.253 e. The van der Waals surface area contributed by atoms with Crippen LogP contribution in [0.3, 0.4) is 0 Å². The minimum Gasteiger partial charge on any atom is -0.487 e. The van der Waals surface area contributed by atoms with Gasteiger partial charge in [0, 0.05) is 30.1 Å². The van der Waals surface area contributed by atoms with Crippen LogP contribution in [0.5, 0.6) is 5.75 Å². The average molecular weight is 432 g/mol. The van der Waals surface area contributed by atoms with Crippen molar-refractivity contribution >= 4 is 42.1 Å². The molecule has 1 unspecified atom stereocenters. The molecule has 2 heterocycles. The number of likely N-dealkylation sites (tertiary alicyclic amines) is 1. The molecule has 0 radical (unpaired) electrons. The van der Waals surface area contributed by atoms with E-state index in [1.807, 2.05) is 48.4 Å². The van der Waals surface area contributed by atoms with E-state index in [4.69, 9.17) is 10.5 Å². The van der Waals surface area contributed by atoms with Crippen LogP contribution in [0.25, 0.3) is 0 Å². The Hall–Kier alpha value is -1.34. The van der Waals surface area contributed by atoms with Gasteiger partial charge in [-0.25, -0.2) is 4.98 Å². The normalized spacial score (nSPS) is 15.4. The molecule has 0 spiro atoms. The summed E-state index contributed by atoms with van der Waals surface area (Å²) < 4.78 is 5.79. The fourth-order valence-electron chi connectivity index (χ4n) is 3.16. The fourth-order valence-corrected chi connectivity index (χ4v) is 3.76. The van der Waals surface area contributed by atoms with Crippen LogP contribution in [-0.2, 0) is 6.61 Å². The molecule has 8 heteroatoms. The SMILES string of the molecule is Cc1nc(COc2cccc(C(=O)N3CCC(C(C)N)CC3)c2)cs1.Cl.Cl. The smallest absolute Gasteiger partial charge is 0.253 e. The average Bonchev–Trinajstić information content (AvgIpc) is 3.05. The van der Waals surface area contributed by atoms with Crippen molar-refractivity contribution in [2.75, 3.05) is 13.1 Å². The number of nitrogens with zero attached hydrogens (tertiary/aromatic N) is 2. The van der Waals surface area contributed by atoms with Gasteiger partial charge in [0.1, 0.15) is 12.4 Å². The highest BCUT2D eigenvalue weighted by Gasteiger charge is 2.25. The van der Waals surface area contributed by atoms with Crippen LogP contribution in [-0.4, -0.2) is 34.9 Å². The Balaban J connectivity index is 0.00000182. The highest BCUT2D eigenvalue weighted by Crippen LogP contribution is 2.22. The summed E-state index contributed by atoms with van der Waals surface area (Å²) in [5.41, 5.74) is 7.56. The molecule has 0 aliphatic carbocycles. The Morgan fingerprint density at radius 1 is 1.37 bits per heavy atom. The lowest BCUT2D eigenvalue weighted by Gasteiger charge is -2.33. The molecule has 1 amide bonds. The molecule has 2 N–H and O–H groups in total. The number of carbonyl (C=O) groups is 1. The van der Waals surface area contributed by atoms with Crippen molar-refractivity contribution in [1.29, 1.82) is 0 Å². The van der Waals surface area contributed by atoms with E-state index in [0.717, 1.165) is 36.6 Å². The first-order valence-electron chi connectivity index (χ1n) is 8.71. The Morgan fingerprint density at radius 2 is 2.07 bits per heavy atom. The number of halogens is 2. The fraction of sp³-hybridized carbons (Fsp3) is 0.474. The zero-order valence-corrected chi connectivity index (χ0v) is 18.0. The van der Waals surface area contributed by atoms with Crippen LogP contribution in [0.4, 0.5) is 0 Å². The summed E-state index contributed by atoms with van der Waals surface area (Å²) in [6.45, 7) is 5.99. The van der Waals surface area contributed by atoms with Gasteiger partial charge < -0.3 is 15.4 Å². The topological polar surface area (TPSA) is 68.5 Å². The first-order chi connectivity index (χ1) is 12.0. The van der Waals surface area contributed by atoms with E-state index in [9.17, 15) is 4.79 Å². The Bertz CT molecular complexity index is 731. The van der Waals surface area contributed by atoms with Gasteiger partial charge in [0.25, 0.3) is 5.91 Å². The third-order valence-corrected chi connectivity index (χ3v) is 5.53. The Kier molecular flexibility index (Phi) is 9.53. The van der Waals surface area contributed by atoms with Crippen molar-refractivity contribution in [3.05, 3.63) is 45.9 Å². The van der Waals surface area contributed by atoms with Gasteiger partial charge in [-0.15, -0.1) is 36.2 Å². The lowest BCUT2D eigenvalue weighted by Crippen LogP contribution is -2.42. The Labute approximate surface area is 177 Å². The number of ether oxygens (including phenoxy) is 1. The number of thiazole rings is 1. The molecule has 1 aliphatic heterocycles. The van der Waals surface area contributed by atoms with Gasteiger partial charge in [-0.1, -0.05) is 6.07 Å². The molecular formula is C19H27Cl2N3O2S. The molecule has 1 atom stereocenters. The number of benzene rings is 1. The highest BCUT2D eigenvalue weighted by molar-refractivity contribution is 7.09. The highest BCUT2D eigenvalue weighted by atomic mass is 35.5. The monoisotopic (exact) mass is 431 g/mol. The van der Waals surface area contributed by atoms with Crippen LogP contribution in [0.1, 0.15) is 40.8 Å². The molecule has 1 fully saturated rings. The Morgan fingerprint density at radius 3 is 2.67 bits per heavy atom. The zero-order chi connectivity index (χ0) is 17.8. The number of carbonyl (C=O) groups excluding carboxylic acids is 1. The molecule has 0 bridgehead atoms. The maximum absolute atomic E-state index is 12.7. The molecule has 0 saturated carbocycles. The predicted octanol–water partition coefficient (Wildman–Crippen LogP) is 4.07. The van der Waals surface area contributed by atoms with Crippen LogP contribution >= 0.6 is 36.2 Å². The second-order valence-corrected chi connectivity index (χ2v) is 7.73. The van der Waals surface area contributed by atoms with Gasteiger partial charge in [0.15, 0.2) is 0 Å². The largest absolute Gasteiger partial charge is 0.487 e. The minimum atomic E-state index is 0. The minimum absolute atomic E-state index is 0. The van der Waals surface area contributed by atoms with Crippen molar-refractivity contribution in [1.82, 2.24) is 9.88 Å². The summed E-state index contributed by atoms with van der Waals surface area (Å²) in [5.74, 6) is 1.28. The molecule has 1 aromatic carbocycles. The summed E-state index contributed by atoms with van der Waals surface area (Å²) in [7, 11) is 0. The van der Waals surface area contributed by atoms with Gasteiger partial charge in [-0.2, -0.15) is 0 Å². The van der Waals surface area contributed by atoms with Crippen molar-refractivity contribution in [2.24, 2.45) is 11.7 Å². The van der Waals surface area contributed by atoms with Gasteiger partial charge in [-0.3, -0.25) is 4.79 Å². The summed E-state index contributed by atoms with van der Waals surface area (Å²) >= 11 is 1.61. The van der Waals surface area contributed by atoms with Crippen molar-refractivity contribution in [3.63, 3.8) is 0 Å². The number of hydrogen-bond donors (Lipinski definition) is 1. The number of aromatic nitrogens is 1. The maximum atomic E-state index is 12.7. The van der Waals surface area contributed by atoms with Crippen LogP contribution in [0.2, 0.25) is 0 Å². The van der Waals surface area contributed by atoms with Gasteiger partial charge in [0.05, 0.1) is 10.7 Å². The number of rotatable bonds is 5. The lowest BCUT2D eigenvalue weighted by atomic mass is 9.90. The van der Waals surface area contributed by atoms with E-state index in [1.165, 1.54) is 0 Å². The standard InChI is InChI=1S/C19H25N3O2S.2ClH/c1-13(20)15-6-8-22(9-7-15)19(23)16-4-3-5-18(10-16)24-11-17-12-25-14(2)21-17;;/h3-5,10,12-13,15H,6-9,11,20H2,1-2H3;2*1H. The third kappa shape index (κ3) is 6.35. The van der Waals surface area contributed by atoms with Crippen LogP contribution < -0.4 is 10.5 Å². The number of hydrogen-bond acceptors (Lipinski definition) is 5. The number of aryl methyl sites for hydroxylation is 1. The summed E-state index contributed by atoms with van der Waals surface area (Å²) in [4.78, 5) is 19.0. The molecule has 150 valence electrons. The predicted molar refractivity (Wildman–Crippen MR) is 114 cm³/mol. The van der Waals surface area contributed by atoms with Crippen LogP contribution in [0.15, 0.2) is 29.6 Å². The summed E-state index contributed by atoms with van der Waals surface area (Å²) in [6.07, 6.45) is 1.95. The number of piperidine rings is 1. The molecule has 3 rings (SSSR count). The summed E-state index contributed by atoms with van der Waals surface area (Å²) in [5, 5.41) is 3.02. The first-order valence-corrected chi connectivity index (χ1v) is 9.59. The second-order valence-electron chi connectivity index (χ2n) is 6.66. The van der Waals surface area contributed by atoms with E-state index in [1.54, 1.807) is 11.3 Å². The molecule has 1 aliphatic rings. The number of amides is 1. The third-order valence-electron chi connectivity index (χ3n) is 4.70. The van der Waals surface area contributed by atoms with Gasteiger partial charge >= 0.3 is 0 Å². The molecule has 1 aromatic heterocycles. The second kappa shape index (κ2) is 10.9. The van der Waals surface area contributed by atoms with Crippen molar-refractivity contribution < 1.29 is 9.53 Å². The molecule has 27 heavy (non-hydrogen) atoms. The summed E-state index contributed by atoms with van der Waals surface area (Å²) in [6, 6.07) is 7.60. The first kappa shape index (κ1) is 23.7. The van der Waals surface area contributed by atoms with Crippen molar-refractivity contribution in [2.45, 2.75) is 39.3 Å². The molecule has 5 nitrogen and oxygen atoms in total. The van der Waals surface area contributed by atoms with Crippen LogP contribution in [0, 0.1) is 12.8 Å². The van der Waals surface area contributed by atoms with E-state index in [-0.39, 0.29) is 36.8 Å². The van der Waals surface area contributed by atoms with E-state index in [2.05, 4.69) is 4.98 Å². The van der Waals surface area contributed by atoms with Gasteiger partial charge in [0.2, 0.25) is 0 Å². The molecule has 2 aromatic rings. The molecule has 1 saturated heterocycles.